The number of amides is 3. The summed E-state index contributed by atoms with van der Waals surface area (Å²) in [4.78, 5) is 39.6. The zero-order valence-corrected chi connectivity index (χ0v) is 28.7. The molecular weight excluding hydrogens is 795 g/mol. The van der Waals surface area contributed by atoms with E-state index in [9.17, 15) is 14.4 Å². The molecule has 4 aromatic rings. The Hall–Kier alpha value is -3.23. The van der Waals surface area contributed by atoms with Gasteiger partial charge in [0.15, 0.2) is 12.4 Å². The summed E-state index contributed by atoms with van der Waals surface area (Å²) in [6.07, 6.45) is 3.36. The van der Waals surface area contributed by atoms with Crippen LogP contribution in [0, 0.1) is 0 Å². The van der Waals surface area contributed by atoms with E-state index in [-0.39, 0.29) is 56.2 Å². The van der Waals surface area contributed by atoms with Gasteiger partial charge in [0.25, 0.3) is 5.91 Å². The first kappa shape index (κ1) is 34.3. The molecule has 1 aromatic heterocycles. The summed E-state index contributed by atoms with van der Waals surface area (Å²) in [5, 5.41) is 7.43. The fourth-order valence-corrected chi connectivity index (χ4v) is 5.02. The van der Waals surface area contributed by atoms with Crippen LogP contribution in [0.4, 0.5) is 21.0 Å². The molecule has 0 radical (unpaired) electrons. The molecule has 0 aliphatic rings. The average Bonchev–Trinajstić information content (AvgIpc) is 2.98. The van der Waals surface area contributed by atoms with Gasteiger partial charge in [0, 0.05) is 22.0 Å². The van der Waals surface area contributed by atoms with E-state index in [0.29, 0.717) is 16.9 Å². The molecule has 2 N–H and O–H groups in total. The van der Waals surface area contributed by atoms with E-state index in [4.69, 9.17) is 9.47 Å². The topological polar surface area (TPSA) is 101 Å². The Kier molecular flexibility index (Phi) is 13.7. The zero-order valence-electron chi connectivity index (χ0n) is 23.4. The van der Waals surface area contributed by atoms with E-state index in [1.165, 1.54) is 4.90 Å². The molecule has 3 amide bonds. The van der Waals surface area contributed by atoms with Crippen molar-refractivity contribution in [2.75, 3.05) is 36.5 Å². The van der Waals surface area contributed by atoms with Crippen molar-refractivity contribution in [3.63, 3.8) is 0 Å². The molecule has 9 nitrogen and oxygen atoms in total. The second-order valence-corrected chi connectivity index (χ2v) is 11.1. The van der Waals surface area contributed by atoms with Crippen molar-refractivity contribution in [3.8, 4) is 0 Å². The molecule has 43 heavy (non-hydrogen) atoms. The molecule has 12 heteroatoms. The van der Waals surface area contributed by atoms with Gasteiger partial charge in [-0.3, -0.25) is 15.0 Å². The predicted octanol–water partition coefficient (Wildman–Crippen LogP) is 3.69. The van der Waals surface area contributed by atoms with Crippen LogP contribution in [-0.4, -0.2) is 44.4 Å². The van der Waals surface area contributed by atoms with Crippen LogP contribution in [0.5, 0.6) is 0 Å². The minimum absolute atomic E-state index is 0. The summed E-state index contributed by atoms with van der Waals surface area (Å²) in [6, 6.07) is 22.2. The molecule has 0 atom stereocenters. The van der Waals surface area contributed by atoms with Crippen molar-refractivity contribution in [3.05, 3.63) is 99.7 Å². The number of benzene rings is 3. The largest absolute Gasteiger partial charge is 1.00 e. The Balaban J connectivity index is 0.00000506. The van der Waals surface area contributed by atoms with Gasteiger partial charge in [-0.25, -0.2) is 14.2 Å². The number of hydrogen-bond acceptors (Lipinski definition) is 5. The third-order valence-electron chi connectivity index (χ3n) is 6.18. The number of nitrogens with zero attached hydrogens (tertiary/aromatic N) is 2. The van der Waals surface area contributed by atoms with Gasteiger partial charge in [0.1, 0.15) is 25.3 Å². The molecule has 0 bridgehead atoms. The number of aromatic nitrogens is 1. The molecule has 0 fully saturated rings. The molecule has 0 unspecified atom stereocenters. The number of pyridine rings is 1. The lowest BCUT2D eigenvalue weighted by atomic mass is 10.1. The molecule has 0 aliphatic carbocycles. The first-order valence-corrected chi connectivity index (χ1v) is 15.0. The number of halogens is 3. The van der Waals surface area contributed by atoms with Crippen molar-refractivity contribution in [2.24, 2.45) is 0 Å². The number of hydrogen-bond donors (Lipinski definition) is 2. The van der Waals surface area contributed by atoms with Crippen LogP contribution in [0.25, 0.3) is 10.8 Å². The van der Waals surface area contributed by atoms with Gasteiger partial charge in [-0.1, -0.05) is 59.3 Å². The standard InChI is InChI=1S/C31H30Br2N4O5.HI/c1-2-15-36-20-23(19-25(33)21-36)29(38)34-14-17-42-31(40)37(26-12-10-24(32)11-13-26)16-18-41-30(39)35-28-9-5-7-22-6-3-4-8-27(22)28;/h3-13,19-21H,2,14-18H2,1H3,(H-,34,35,38,39);1H. The highest BCUT2D eigenvalue weighted by Crippen LogP contribution is 2.23. The Labute approximate surface area is 284 Å². The molecule has 0 saturated carbocycles. The number of nitrogens with one attached hydrogen (secondary N) is 2. The van der Waals surface area contributed by atoms with Gasteiger partial charge in [-0.15, -0.1) is 0 Å². The van der Waals surface area contributed by atoms with Crippen molar-refractivity contribution < 1.29 is 52.4 Å². The smallest absolute Gasteiger partial charge is 0.414 e. The molecule has 1 heterocycles. The van der Waals surface area contributed by atoms with Crippen LogP contribution in [0.1, 0.15) is 23.7 Å². The normalized spacial score (nSPS) is 10.4. The lowest BCUT2D eigenvalue weighted by Crippen LogP contribution is -3.00. The molecule has 3 aromatic carbocycles. The zero-order chi connectivity index (χ0) is 29.9. The van der Waals surface area contributed by atoms with Crippen molar-refractivity contribution >= 4 is 72.1 Å². The SMILES string of the molecule is CCC[n+]1cc(Br)cc(C(=O)NCCOC(=O)N(CCOC(=O)Nc2cccc3ccccc23)c2ccc(Br)cc2)c1.[I-]. The summed E-state index contributed by atoms with van der Waals surface area (Å²) >= 11 is 6.83. The average molecular weight is 826 g/mol. The summed E-state index contributed by atoms with van der Waals surface area (Å²) in [5.41, 5.74) is 1.70. The molecular formula is C31H31Br2IN4O5. The van der Waals surface area contributed by atoms with E-state index in [1.807, 2.05) is 47.2 Å². The first-order valence-electron chi connectivity index (χ1n) is 13.4. The minimum Gasteiger partial charge on any atom is -1.00 e. The van der Waals surface area contributed by atoms with Gasteiger partial charge in [-0.05, 0) is 57.7 Å². The summed E-state index contributed by atoms with van der Waals surface area (Å²) in [7, 11) is 0. The predicted molar refractivity (Wildman–Crippen MR) is 169 cm³/mol. The molecule has 226 valence electrons. The van der Waals surface area contributed by atoms with E-state index >= 15 is 0 Å². The Morgan fingerprint density at radius 2 is 1.63 bits per heavy atom. The van der Waals surface area contributed by atoms with Crippen LogP contribution in [0.15, 0.2) is 94.1 Å². The van der Waals surface area contributed by atoms with Crippen LogP contribution in [-0.2, 0) is 16.0 Å². The Bertz CT molecular complexity index is 1550. The highest BCUT2D eigenvalue weighted by Gasteiger charge is 2.19. The van der Waals surface area contributed by atoms with Gasteiger partial charge in [0.05, 0.1) is 23.2 Å². The minimum atomic E-state index is -0.633. The summed E-state index contributed by atoms with van der Waals surface area (Å²) in [5.74, 6) is -0.271. The summed E-state index contributed by atoms with van der Waals surface area (Å²) < 4.78 is 14.4. The van der Waals surface area contributed by atoms with E-state index in [1.54, 1.807) is 42.6 Å². The number of carbonyl (C=O) groups excluding carboxylic acids is 3. The number of aryl methyl sites for hydroxylation is 1. The fraction of sp³-hybridized carbons (Fsp3) is 0.226. The van der Waals surface area contributed by atoms with Crippen molar-refractivity contribution in [2.45, 2.75) is 19.9 Å². The summed E-state index contributed by atoms with van der Waals surface area (Å²) in [6.45, 7) is 2.93. The monoisotopic (exact) mass is 824 g/mol. The van der Waals surface area contributed by atoms with Gasteiger partial charge >= 0.3 is 12.2 Å². The van der Waals surface area contributed by atoms with Crippen LogP contribution >= 0.6 is 31.9 Å². The number of ether oxygens (including phenoxy) is 2. The van der Waals surface area contributed by atoms with Crippen LogP contribution < -0.4 is 44.1 Å². The number of carbonyl (C=O) groups is 3. The van der Waals surface area contributed by atoms with E-state index in [0.717, 1.165) is 32.7 Å². The molecule has 0 aliphatic heterocycles. The maximum absolute atomic E-state index is 13.0. The lowest BCUT2D eigenvalue weighted by Gasteiger charge is -2.22. The molecule has 0 saturated heterocycles. The molecule has 4 rings (SSSR count). The van der Waals surface area contributed by atoms with E-state index in [2.05, 4.69) is 49.4 Å². The number of rotatable bonds is 11. The third kappa shape index (κ3) is 10.2. The highest BCUT2D eigenvalue weighted by molar-refractivity contribution is 9.10. The molecule has 0 spiro atoms. The number of anilines is 2. The van der Waals surface area contributed by atoms with Crippen LogP contribution in [0.3, 0.4) is 0 Å². The first-order chi connectivity index (χ1) is 20.3. The number of fused-ring (bicyclic) bond motifs is 1. The Morgan fingerprint density at radius 3 is 2.40 bits per heavy atom. The highest BCUT2D eigenvalue weighted by atomic mass is 127. The van der Waals surface area contributed by atoms with Crippen LogP contribution in [0.2, 0.25) is 0 Å². The second kappa shape index (κ2) is 17.2. The van der Waals surface area contributed by atoms with Crippen molar-refractivity contribution in [1.82, 2.24) is 5.32 Å². The van der Waals surface area contributed by atoms with E-state index < -0.39 is 12.2 Å². The lowest BCUT2D eigenvalue weighted by molar-refractivity contribution is -0.697. The third-order valence-corrected chi connectivity index (χ3v) is 7.14. The fourth-order valence-electron chi connectivity index (χ4n) is 4.25. The van der Waals surface area contributed by atoms with Gasteiger partial charge < -0.3 is 38.8 Å². The Morgan fingerprint density at radius 1 is 0.884 bits per heavy atom. The maximum atomic E-state index is 13.0. The van der Waals surface area contributed by atoms with Gasteiger partial charge in [0.2, 0.25) is 0 Å². The van der Waals surface area contributed by atoms with Gasteiger partial charge in [-0.2, -0.15) is 0 Å². The van der Waals surface area contributed by atoms with Crippen molar-refractivity contribution in [1.29, 1.82) is 0 Å². The maximum Gasteiger partial charge on any atom is 0.414 e. The quantitative estimate of drug-likeness (QED) is 0.137. The second-order valence-electron chi connectivity index (χ2n) is 9.27.